The Hall–Kier alpha value is -2.08. The standard InChI is InChI=1S/C15H23N3O3/c1-11(10-19)3-2-8-17-14(20)9-18-15(21)12-4-6-13(16)7-5-12/h4-7,11,19H,2-3,8-10,16H2,1H3,(H,17,20)(H,18,21). The number of aliphatic hydroxyl groups is 1. The Morgan fingerprint density at radius 2 is 1.90 bits per heavy atom. The summed E-state index contributed by atoms with van der Waals surface area (Å²) < 4.78 is 0. The van der Waals surface area contributed by atoms with Crippen molar-refractivity contribution >= 4 is 17.5 Å². The Morgan fingerprint density at radius 3 is 2.52 bits per heavy atom. The summed E-state index contributed by atoms with van der Waals surface area (Å²) in [5.74, 6) is -0.290. The van der Waals surface area contributed by atoms with E-state index in [1.165, 1.54) is 0 Å². The minimum atomic E-state index is -0.306. The number of amides is 2. The minimum absolute atomic E-state index is 0.0568. The molecule has 0 heterocycles. The lowest BCUT2D eigenvalue weighted by Gasteiger charge is -2.09. The molecule has 5 N–H and O–H groups in total. The molecule has 0 radical (unpaired) electrons. The molecular formula is C15H23N3O3. The van der Waals surface area contributed by atoms with Gasteiger partial charge in [0.15, 0.2) is 0 Å². The molecule has 0 bridgehead atoms. The molecule has 21 heavy (non-hydrogen) atoms. The third-order valence-corrected chi connectivity index (χ3v) is 3.09. The third kappa shape index (κ3) is 6.76. The molecule has 0 saturated heterocycles. The molecule has 1 rings (SSSR count). The summed E-state index contributed by atoms with van der Waals surface area (Å²) in [5.41, 5.74) is 6.59. The van der Waals surface area contributed by atoms with Crippen LogP contribution in [0.15, 0.2) is 24.3 Å². The van der Waals surface area contributed by atoms with E-state index in [4.69, 9.17) is 10.8 Å². The van der Waals surface area contributed by atoms with Crippen LogP contribution >= 0.6 is 0 Å². The van der Waals surface area contributed by atoms with Crippen molar-refractivity contribution in [1.82, 2.24) is 10.6 Å². The van der Waals surface area contributed by atoms with E-state index in [2.05, 4.69) is 10.6 Å². The molecule has 1 aromatic rings. The summed E-state index contributed by atoms with van der Waals surface area (Å²) >= 11 is 0. The van der Waals surface area contributed by atoms with Gasteiger partial charge in [0.1, 0.15) is 0 Å². The normalized spacial score (nSPS) is 11.7. The Morgan fingerprint density at radius 1 is 1.24 bits per heavy atom. The van der Waals surface area contributed by atoms with Crippen molar-refractivity contribution in [1.29, 1.82) is 0 Å². The zero-order valence-electron chi connectivity index (χ0n) is 12.3. The van der Waals surface area contributed by atoms with Crippen LogP contribution in [0.1, 0.15) is 30.1 Å². The fourth-order valence-corrected chi connectivity index (χ4v) is 1.73. The van der Waals surface area contributed by atoms with Gasteiger partial charge in [0.05, 0.1) is 6.54 Å². The molecule has 1 atom stereocenters. The lowest BCUT2D eigenvalue weighted by Crippen LogP contribution is -2.37. The number of hydrogen-bond acceptors (Lipinski definition) is 4. The Balaban J connectivity index is 2.20. The molecule has 0 aliphatic rings. The Kier molecular flexibility index (Phi) is 7.25. The Bertz CT molecular complexity index is 460. The lowest BCUT2D eigenvalue weighted by molar-refractivity contribution is -0.120. The van der Waals surface area contributed by atoms with Crippen molar-refractivity contribution in [2.75, 3.05) is 25.4 Å². The quantitative estimate of drug-likeness (QED) is 0.414. The highest BCUT2D eigenvalue weighted by molar-refractivity contribution is 5.96. The van der Waals surface area contributed by atoms with Gasteiger partial charge in [-0.1, -0.05) is 6.92 Å². The predicted octanol–water partition coefficient (Wildman–Crippen LogP) is 0.523. The van der Waals surface area contributed by atoms with Gasteiger partial charge in [-0.2, -0.15) is 0 Å². The number of hydrogen-bond donors (Lipinski definition) is 4. The molecule has 6 heteroatoms. The maximum absolute atomic E-state index is 11.8. The van der Waals surface area contributed by atoms with E-state index in [1.54, 1.807) is 24.3 Å². The molecule has 1 aromatic carbocycles. The second kappa shape index (κ2) is 8.97. The molecule has 0 fully saturated rings. The van der Waals surface area contributed by atoms with Crippen LogP contribution in [0.25, 0.3) is 0 Å². The summed E-state index contributed by atoms with van der Waals surface area (Å²) in [7, 11) is 0. The molecule has 6 nitrogen and oxygen atoms in total. The van der Waals surface area contributed by atoms with Crippen LogP contribution in [0.3, 0.4) is 0 Å². The van der Waals surface area contributed by atoms with Crippen molar-refractivity contribution in [3.05, 3.63) is 29.8 Å². The summed E-state index contributed by atoms with van der Waals surface area (Å²) in [6.45, 7) is 2.60. The van der Waals surface area contributed by atoms with Crippen molar-refractivity contribution in [2.24, 2.45) is 5.92 Å². The minimum Gasteiger partial charge on any atom is -0.399 e. The van der Waals surface area contributed by atoms with Crippen LogP contribution < -0.4 is 16.4 Å². The molecule has 0 aliphatic heterocycles. The van der Waals surface area contributed by atoms with E-state index in [9.17, 15) is 9.59 Å². The number of benzene rings is 1. The van der Waals surface area contributed by atoms with Gasteiger partial charge >= 0.3 is 0 Å². The fraction of sp³-hybridized carbons (Fsp3) is 0.467. The first-order valence-electron chi connectivity index (χ1n) is 7.04. The van der Waals surface area contributed by atoms with Gasteiger partial charge in [-0.05, 0) is 43.0 Å². The van der Waals surface area contributed by atoms with E-state index in [0.29, 0.717) is 17.8 Å². The first kappa shape index (κ1) is 17.0. The van der Waals surface area contributed by atoms with Crippen molar-refractivity contribution < 1.29 is 14.7 Å². The molecule has 0 spiro atoms. The van der Waals surface area contributed by atoms with E-state index in [0.717, 1.165) is 12.8 Å². The van der Waals surface area contributed by atoms with Gasteiger partial charge in [-0.3, -0.25) is 9.59 Å². The van der Waals surface area contributed by atoms with Gasteiger partial charge in [-0.25, -0.2) is 0 Å². The first-order valence-corrected chi connectivity index (χ1v) is 7.04. The third-order valence-electron chi connectivity index (χ3n) is 3.09. The Labute approximate surface area is 124 Å². The maximum atomic E-state index is 11.8. The number of carbonyl (C=O) groups excluding carboxylic acids is 2. The average molecular weight is 293 g/mol. The number of rotatable bonds is 8. The van der Waals surface area contributed by atoms with Gasteiger partial charge in [0.2, 0.25) is 5.91 Å². The number of aliphatic hydroxyl groups excluding tert-OH is 1. The summed E-state index contributed by atoms with van der Waals surface area (Å²) in [6, 6.07) is 6.49. The molecule has 2 amide bonds. The average Bonchev–Trinajstić information content (AvgIpc) is 2.49. The maximum Gasteiger partial charge on any atom is 0.251 e. The first-order chi connectivity index (χ1) is 10.0. The van der Waals surface area contributed by atoms with Crippen LogP contribution in [0.2, 0.25) is 0 Å². The van der Waals surface area contributed by atoms with E-state index < -0.39 is 0 Å². The van der Waals surface area contributed by atoms with Crippen LogP contribution in [0.5, 0.6) is 0 Å². The fourth-order valence-electron chi connectivity index (χ4n) is 1.73. The van der Waals surface area contributed by atoms with Gasteiger partial charge < -0.3 is 21.5 Å². The topological polar surface area (TPSA) is 104 Å². The smallest absolute Gasteiger partial charge is 0.251 e. The molecule has 0 aromatic heterocycles. The van der Waals surface area contributed by atoms with Crippen LogP contribution in [-0.2, 0) is 4.79 Å². The number of carbonyl (C=O) groups is 2. The summed E-state index contributed by atoms with van der Waals surface area (Å²) in [5, 5.41) is 14.1. The van der Waals surface area contributed by atoms with E-state index in [1.807, 2.05) is 6.92 Å². The number of nitrogens with two attached hydrogens (primary N) is 1. The summed E-state index contributed by atoms with van der Waals surface area (Å²) in [4.78, 5) is 23.3. The molecule has 0 aliphatic carbocycles. The van der Waals surface area contributed by atoms with Crippen LogP contribution in [0.4, 0.5) is 5.69 Å². The number of anilines is 1. The van der Waals surface area contributed by atoms with Crippen molar-refractivity contribution in [2.45, 2.75) is 19.8 Å². The molecule has 1 unspecified atom stereocenters. The van der Waals surface area contributed by atoms with Gasteiger partial charge in [0.25, 0.3) is 5.91 Å². The van der Waals surface area contributed by atoms with Crippen molar-refractivity contribution in [3.8, 4) is 0 Å². The second-order valence-corrected chi connectivity index (χ2v) is 5.08. The lowest BCUT2D eigenvalue weighted by atomic mass is 10.1. The highest BCUT2D eigenvalue weighted by Crippen LogP contribution is 2.05. The van der Waals surface area contributed by atoms with Crippen LogP contribution in [0, 0.1) is 5.92 Å². The second-order valence-electron chi connectivity index (χ2n) is 5.08. The monoisotopic (exact) mass is 293 g/mol. The number of nitrogens with one attached hydrogen (secondary N) is 2. The highest BCUT2D eigenvalue weighted by Gasteiger charge is 2.07. The zero-order chi connectivity index (χ0) is 15.7. The highest BCUT2D eigenvalue weighted by atomic mass is 16.3. The molecule has 116 valence electrons. The predicted molar refractivity (Wildman–Crippen MR) is 81.7 cm³/mol. The van der Waals surface area contributed by atoms with E-state index >= 15 is 0 Å². The van der Waals surface area contributed by atoms with Gasteiger partial charge in [0, 0.05) is 24.4 Å². The zero-order valence-corrected chi connectivity index (χ0v) is 12.3. The summed E-state index contributed by atoms with van der Waals surface area (Å²) in [6.07, 6.45) is 1.66. The van der Waals surface area contributed by atoms with Crippen LogP contribution in [-0.4, -0.2) is 36.6 Å². The van der Waals surface area contributed by atoms with E-state index in [-0.39, 0.29) is 30.9 Å². The van der Waals surface area contributed by atoms with Crippen molar-refractivity contribution in [3.63, 3.8) is 0 Å². The SMILES string of the molecule is CC(CO)CCCNC(=O)CNC(=O)c1ccc(N)cc1. The van der Waals surface area contributed by atoms with Gasteiger partial charge in [-0.15, -0.1) is 0 Å². The largest absolute Gasteiger partial charge is 0.399 e. The molecular weight excluding hydrogens is 270 g/mol. The molecule has 0 saturated carbocycles. The number of nitrogen functional groups attached to an aromatic ring is 1.